The molecule has 0 saturated carbocycles. The van der Waals surface area contributed by atoms with Crippen LogP contribution in [0.3, 0.4) is 0 Å². The predicted molar refractivity (Wildman–Crippen MR) is 190 cm³/mol. The van der Waals surface area contributed by atoms with Crippen molar-refractivity contribution < 1.29 is 76.0 Å². The van der Waals surface area contributed by atoms with Crippen LogP contribution in [0.25, 0.3) is 0 Å². The van der Waals surface area contributed by atoms with Gasteiger partial charge in [0.1, 0.15) is 0 Å². The number of carbonyl (C=O) groups excluding carboxylic acids is 4. The van der Waals surface area contributed by atoms with Crippen molar-refractivity contribution in [3.63, 3.8) is 0 Å². The molecule has 0 aliphatic carbocycles. The van der Waals surface area contributed by atoms with Crippen molar-refractivity contribution in [2.24, 2.45) is 5.41 Å². The minimum atomic E-state index is -3.48. The van der Waals surface area contributed by atoms with E-state index in [-0.39, 0.29) is 22.3 Å². The molecule has 16 nitrogen and oxygen atoms in total. The van der Waals surface area contributed by atoms with Crippen molar-refractivity contribution in [2.75, 3.05) is 52.9 Å². The van der Waals surface area contributed by atoms with Crippen molar-refractivity contribution in [3.05, 3.63) is 48.6 Å². The van der Waals surface area contributed by atoms with E-state index in [1.807, 2.05) is 0 Å². The van der Waals surface area contributed by atoms with E-state index in [2.05, 4.69) is 26.3 Å². The van der Waals surface area contributed by atoms with Crippen molar-refractivity contribution in [2.45, 2.75) is 107 Å². The van der Waals surface area contributed by atoms with Gasteiger partial charge in [-0.1, -0.05) is 26.3 Å². The molecule has 0 fully saturated rings. The first kappa shape index (κ1) is 49.5. The lowest BCUT2D eigenvalue weighted by Gasteiger charge is -2.62. The van der Waals surface area contributed by atoms with Gasteiger partial charge >= 0.3 is 53.2 Å². The zero-order valence-corrected chi connectivity index (χ0v) is 33.5. The summed E-state index contributed by atoms with van der Waals surface area (Å²) in [5.41, 5.74) is -4.34. The molecule has 304 valence electrons. The van der Waals surface area contributed by atoms with Crippen LogP contribution >= 0.6 is 0 Å². The smallest absolute Gasteiger partial charge is 0.364 e. The van der Waals surface area contributed by atoms with E-state index in [0.717, 1.165) is 0 Å². The maximum absolute atomic E-state index is 14.0. The van der Waals surface area contributed by atoms with E-state index in [0.29, 0.717) is 0 Å². The van der Waals surface area contributed by atoms with E-state index < -0.39 is 106 Å². The summed E-state index contributed by atoms with van der Waals surface area (Å²) in [4.78, 5) is 55.9. The van der Waals surface area contributed by atoms with Crippen LogP contribution in [0.5, 0.6) is 0 Å². The highest BCUT2D eigenvalue weighted by molar-refractivity contribution is 5.89. The summed E-state index contributed by atoms with van der Waals surface area (Å²) < 4.78 is 75.5. The molecule has 53 heavy (non-hydrogen) atoms. The summed E-state index contributed by atoms with van der Waals surface area (Å²) in [5, 5.41) is 0. The quantitative estimate of drug-likeness (QED) is 0.0430. The first-order valence-electron chi connectivity index (χ1n) is 17.5. The molecular formula is C37H60O16. The zero-order chi connectivity index (χ0) is 41.3. The van der Waals surface area contributed by atoms with Gasteiger partial charge in [-0.15, -0.1) is 0 Å². The molecule has 0 radical (unpaired) electrons. The average Bonchev–Trinajstić information content (AvgIpc) is 3.05. The summed E-state index contributed by atoms with van der Waals surface area (Å²) in [5.74, 6) is -18.0. The van der Waals surface area contributed by atoms with Crippen LogP contribution in [0.2, 0.25) is 0 Å². The number of carbonyl (C=O) groups is 4. The average molecular weight is 761 g/mol. The van der Waals surface area contributed by atoms with Crippen LogP contribution in [0, 0.1) is 5.41 Å². The van der Waals surface area contributed by atoms with Gasteiger partial charge in [0.15, 0.2) is 0 Å². The van der Waals surface area contributed by atoms with Crippen LogP contribution in [-0.4, -0.2) is 101 Å². The Morgan fingerprint density at radius 2 is 0.472 bits per heavy atom. The fraction of sp³-hybridized carbons (Fsp3) is 0.676. The van der Waals surface area contributed by atoms with Gasteiger partial charge in [-0.3, -0.25) is 0 Å². The lowest BCUT2D eigenvalue weighted by Crippen LogP contribution is -2.87. The van der Waals surface area contributed by atoms with Crippen molar-refractivity contribution in [3.8, 4) is 0 Å². The van der Waals surface area contributed by atoms with Gasteiger partial charge in [-0.25, -0.2) is 19.2 Å². The number of esters is 4. The summed E-state index contributed by atoms with van der Waals surface area (Å²) in [7, 11) is 0. The maximum Gasteiger partial charge on any atom is 0.364 e. The van der Waals surface area contributed by atoms with Crippen molar-refractivity contribution in [1.29, 1.82) is 0 Å². The fourth-order valence-electron chi connectivity index (χ4n) is 5.06. The summed E-state index contributed by atoms with van der Waals surface area (Å²) in [6.07, 6.45) is 0. The highest BCUT2D eigenvalue weighted by atomic mass is 17.0. The van der Waals surface area contributed by atoms with Gasteiger partial charge in [0.2, 0.25) is 0 Å². The van der Waals surface area contributed by atoms with Crippen LogP contribution in [0.15, 0.2) is 48.6 Å². The normalized spacial score (nSPS) is 12.5. The number of rotatable bonds is 28. The van der Waals surface area contributed by atoms with Crippen LogP contribution in [-0.2, 0) is 76.0 Å². The van der Waals surface area contributed by atoms with Gasteiger partial charge in [0.25, 0.3) is 0 Å². The largest absolute Gasteiger partial charge is 0.403 e. The summed E-state index contributed by atoms with van der Waals surface area (Å²) in [6.45, 7) is 28.5. The molecule has 0 spiro atoms. The lowest BCUT2D eigenvalue weighted by molar-refractivity contribution is -0.644. The predicted octanol–water partition coefficient (Wildman–Crippen LogP) is 5.36. The fourth-order valence-corrected chi connectivity index (χ4v) is 5.06. The van der Waals surface area contributed by atoms with E-state index in [1.54, 1.807) is 0 Å². The van der Waals surface area contributed by atoms with E-state index >= 15 is 0 Å². The van der Waals surface area contributed by atoms with Gasteiger partial charge < -0.3 is 56.8 Å². The Balaban J connectivity index is 10.5. The molecule has 0 aromatic carbocycles. The summed E-state index contributed by atoms with van der Waals surface area (Å²) >= 11 is 0. The second kappa shape index (κ2) is 22.0. The van der Waals surface area contributed by atoms with E-state index in [1.165, 1.54) is 83.1 Å². The number of hydrogen-bond acceptors (Lipinski definition) is 16. The summed E-state index contributed by atoms with van der Waals surface area (Å²) in [6, 6.07) is 0. The molecule has 0 atom stereocenters. The second-order valence-corrected chi connectivity index (χ2v) is 11.1. The Morgan fingerprint density at radius 3 is 0.566 bits per heavy atom. The highest BCUT2D eigenvalue weighted by Gasteiger charge is 2.96. The Hall–Kier alpha value is -3.48. The second-order valence-electron chi connectivity index (χ2n) is 11.1. The molecule has 16 heteroatoms. The van der Waals surface area contributed by atoms with Gasteiger partial charge in [0.05, 0.1) is 52.9 Å². The van der Waals surface area contributed by atoms with Crippen LogP contribution in [0.4, 0.5) is 0 Å². The molecule has 0 saturated heterocycles. The molecule has 0 aromatic rings. The lowest BCUT2D eigenvalue weighted by atomic mass is 9.73. The molecule has 0 aromatic heterocycles. The van der Waals surface area contributed by atoms with Crippen LogP contribution in [0.1, 0.15) is 83.1 Å². The third kappa shape index (κ3) is 10.4. The minimum Gasteiger partial charge on any atom is -0.403 e. The zero-order valence-electron chi connectivity index (χ0n) is 33.5. The number of hydrogen-bond donors (Lipinski definition) is 0. The monoisotopic (exact) mass is 760 g/mol. The maximum atomic E-state index is 14.0. The SMILES string of the molecule is C=C(C)C(=O)OC(OCC)(OCC)C(C(OCC)(OCC)OC(=O)C(=C)C)(C(OCC)(OCC)OC(=O)C(=C)C)C(OCC)(OCC)OC(=O)C(=C)C. The van der Waals surface area contributed by atoms with Gasteiger partial charge in [-0.05, 0) is 83.1 Å². The molecule has 0 heterocycles. The Kier molecular flexibility index (Phi) is 20.6. The third-order valence-corrected chi connectivity index (χ3v) is 6.81. The Bertz CT molecular complexity index is 1080. The van der Waals surface area contributed by atoms with E-state index in [4.69, 9.17) is 56.8 Å². The molecule has 0 N–H and O–H groups in total. The molecule has 0 bridgehead atoms. The van der Waals surface area contributed by atoms with Gasteiger partial charge in [0, 0.05) is 22.3 Å². The third-order valence-electron chi connectivity index (χ3n) is 6.81. The molecule has 0 rings (SSSR count). The Morgan fingerprint density at radius 1 is 0.340 bits per heavy atom. The molecular weight excluding hydrogens is 700 g/mol. The van der Waals surface area contributed by atoms with Crippen molar-refractivity contribution >= 4 is 23.9 Å². The molecule has 0 aliphatic heterocycles. The molecule has 0 amide bonds. The Labute approximate surface area is 313 Å². The number of ether oxygens (including phenoxy) is 12. The highest BCUT2D eigenvalue weighted by Crippen LogP contribution is 2.65. The first-order valence-corrected chi connectivity index (χ1v) is 17.5. The standard InChI is InChI=1S/C37H60O16/c1-17-42-34(43-18-2,50-29(38)25(9)10)33(35(44-19-3,45-20-4)51-30(39)26(11)12,36(46-21-5,47-22-6)52-31(40)27(13)14)37(48-23-7,49-24-8)53-32(41)28(15)16/h9,11,13,15,17-24H2,1-8,10,12,14,16H3. The first-order chi connectivity index (χ1) is 24.8. The van der Waals surface area contributed by atoms with Crippen molar-refractivity contribution in [1.82, 2.24) is 0 Å². The molecule has 0 unspecified atom stereocenters. The minimum absolute atomic E-state index is 0.213. The van der Waals surface area contributed by atoms with E-state index in [9.17, 15) is 19.2 Å². The van der Waals surface area contributed by atoms with Crippen LogP contribution < -0.4 is 0 Å². The van der Waals surface area contributed by atoms with Gasteiger partial charge in [-0.2, -0.15) is 0 Å². The topological polar surface area (TPSA) is 179 Å². The molecule has 0 aliphatic rings.